The van der Waals surface area contributed by atoms with Gasteiger partial charge >= 0.3 is 0 Å². The third-order valence-electron chi connectivity index (χ3n) is 2.68. The van der Waals surface area contributed by atoms with E-state index in [0.29, 0.717) is 0 Å². The molecule has 17 heavy (non-hydrogen) atoms. The van der Waals surface area contributed by atoms with Crippen LogP contribution in [0.25, 0.3) is 11.1 Å². The first-order valence-electron chi connectivity index (χ1n) is 5.54. The summed E-state index contributed by atoms with van der Waals surface area (Å²) in [5.41, 5.74) is 3.10. The summed E-state index contributed by atoms with van der Waals surface area (Å²) in [5, 5.41) is 0.787. The van der Waals surface area contributed by atoms with Crippen LogP contribution < -0.4 is 0 Å². The topological polar surface area (TPSA) is 25.8 Å². The van der Waals surface area contributed by atoms with Crippen molar-refractivity contribution in [1.82, 2.24) is 9.97 Å². The van der Waals surface area contributed by atoms with Gasteiger partial charge in [-0.1, -0.05) is 50.6 Å². The highest BCUT2D eigenvalue weighted by atomic mass is 35.5. The Hall–Kier alpha value is -1.41. The molecule has 0 fully saturated rings. The fraction of sp³-hybridized carbons (Fsp3) is 0.286. The fourth-order valence-corrected chi connectivity index (χ4v) is 2.29. The van der Waals surface area contributed by atoms with Crippen molar-refractivity contribution < 1.29 is 0 Å². The summed E-state index contributed by atoms with van der Waals surface area (Å²) in [5.74, 6) is 0. The number of nitrogens with zero attached hydrogens (tertiary/aromatic N) is 2. The first-order valence-corrected chi connectivity index (χ1v) is 5.92. The maximum Gasteiger partial charge on any atom is 0.115 e. The number of hydrogen-bond acceptors (Lipinski definition) is 2. The van der Waals surface area contributed by atoms with Crippen LogP contribution in [0.5, 0.6) is 0 Å². The molecule has 1 heterocycles. The van der Waals surface area contributed by atoms with Gasteiger partial charge in [-0.2, -0.15) is 0 Å². The summed E-state index contributed by atoms with van der Waals surface area (Å²) < 4.78 is 0. The van der Waals surface area contributed by atoms with Gasteiger partial charge in [0.25, 0.3) is 0 Å². The van der Waals surface area contributed by atoms with Crippen LogP contribution in [0.1, 0.15) is 26.3 Å². The molecular weight excluding hydrogens is 232 g/mol. The van der Waals surface area contributed by atoms with Gasteiger partial charge < -0.3 is 0 Å². The lowest BCUT2D eigenvalue weighted by Crippen LogP contribution is -2.12. The summed E-state index contributed by atoms with van der Waals surface area (Å²) in [6.45, 7) is 6.46. The molecule has 1 aromatic carbocycles. The van der Waals surface area contributed by atoms with E-state index in [0.717, 1.165) is 21.7 Å². The molecule has 0 spiro atoms. The van der Waals surface area contributed by atoms with Crippen LogP contribution in [0.4, 0.5) is 0 Å². The Balaban J connectivity index is 2.58. The summed E-state index contributed by atoms with van der Waals surface area (Å²) in [6, 6.07) is 6.08. The summed E-state index contributed by atoms with van der Waals surface area (Å²) in [6.07, 6.45) is 5.08. The summed E-state index contributed by atoms with van der Waals surface area (Å²) >= 11 is 6.47. The smallest absolute Gasteiger partial charge is 0.115 e. The molecule has 0 radical (unpaired) electrons. The molecule has 1 aromatic heterocycles. The molecule has 2 aromatic rings. The van der Waals surface area contributed by atoms with Gasteiger partial charge in [-0.15, -0.1) is 0 Å². The molecule has 0 aliphatic heterocycles. The van der Waals surface area contributed by atoms with Crippen LogP contribution in [0.2, 0.25) is 5.02 Å². The minimum Gasteiger partial charge on any atom is -0.244 e. The first kappa shape index (κ1) is 12.1. The third-order valence-corrected chi connectivity index (χ3v) is 3.09. The van der Waals surface area contributed by atoms with Crippen molar-refractivity contribution in [3.05, 3.63) is 47.5 Å². The Morgan fingerprint density at radius 1 is 1.06 bits per heavy atom. The molecule has 88 valence electrons. The van der Waals surface area contributed by atoms with Crippen molar-refractivity contribution in [2.75, 3.05) is 0 Å². The lowest BCUT2D eigenvalue weighted by atomic mass is 9.85. The van der Waals surface area contributed by atoms with Crippen LogP contribution in [0.15, 0.2) is 36.9 Å². The van der Waals surface area contributed by atoms with Crippen molar-refractivity contribution in [2.24, 2.45) is 0 Å². The summed E-state index contributed by atoms with van der Waals surface area (Å²) in [7, 11) is 0. The molecule has 2 rings (SSSR count). The predicted molar refractivity (Wildman–Crippen MR) is 71.2 cm³/mol. The van der Waals surface area contributed by atoms with Gasteiger partial charge in [0.15, 0.2) is 0 Å². The average molecular weight is 247 g/mol. The van der Waals surface area contributed by atoms with Crippen molar-refractivity contribution in [1.29, 1.82) is 0 Å². The van der Waals surface area contributed by atoms with E-state index in [9.17, 15) is 0 Å². The molecule has 0 amide bonds. The average Bonchev–Trinajstić information content (AvgIpc) is 2.29. The van der Waals surface area contributed by atoms with Crippen LogP contribution in [0.3, 0.4) is 0 Å². The van der Waals surface area contributed by atoms with E-state index in [4.69, 9.17) is 11.6 Å². The maximum atomic E-state index is 6.47. The van der Waals surface area contributed by atoms with E-state index in [1.165, 1.54) is 6.33 Å². The van der Waals surface area contributed by atoms with E-state index in [1.54, 1.807) is 12.4 Å². The molecule has 0 saturated carbocycles. The van der Waals surface area contributed by atoms with E-state index in [1.807, 2.05) is 12.1 Å². The number of halogens is 1. The molecular formula is C14H15ClN2. The minimum atomic E-state index is 0.0305. The minimum absolute atomic E-state index is 0.0305. The van der Waals surface area contributed by atoms with Crippen LogP contribution in [0, 0.1) is 0 Å². The van der Waals surface area contributed by atoms with Crippen LogP contribution in [-0.2, 0) is 5.41 Å². The zero-order chi connectivity index (χ0) is 12.5. The van der Waals surface area contributed by atoms with Crippen molar-refractivity contribution >= 4 is 11.6 Å². The molecule has 3 heteroatoms. The second kappa shape index (κ2) is 4.46. The standard InChI is InChI=1S/C14H15ClN2/c1-14(2,3)12-6-4-5-11(13(12)15)10-7-16-9-17-8-10/h4-9H,1-3H3. The maximum absolute atomic E-state index is 6.47. The van der Waals surface area contributed by atoms with Gasteiger partial charge in [0, 0.05) is 23.5 Å². The third kappa shape index (κ3) is 2.47. The Kier molecular flexibility index (Phi) is 3.16. The second-order valence-electron chi connectivity index (χ2n) is 5.04. The molecule has 2 nitrogen and oxygen atoms in total. The number of hydrogen-bond donors (Lipinski definition) is 0. The monoisotopic (exact) mass is 246 g/mol. The zero-order valence-corrected chi connectivity index (χ0v) is 11.0. The van der Waals surface area contributed by atoms with Gasteiger partial charge in [0.1, 0.15) is 6.33 Å². The normalized spacial score (nSPS) is 11.5. The van der Waals surface area contributed by atoms with E-state index < -0.39 is 0 Å². The Bertz CT molecular complexity index is 515. The molecule has 0 bridgehead atoms. The fourth-order valence-electron chi connectivity index (χ4n) is 1.77. The molecule has 0 aliphatic rings. The second-order valence-corrected chi connectivity index (χ2v) is 5.42. The van der Waals surface area contributed by atoms with Crippen molar-refractivity contribution in [3.8, 4) is 11.1 Å². The summed E-state index contributed by atoms with van der Waals surface area (Å²) in [4.78, 5) is 8.05. The molecule has 0 aliphatic carbocycles. The highest BCUT2D eigenvalue weighted by Gasteiger charge is 2.19. The van der Waals surface area contributed by atoms with E-state index >= 15 is 0 Å². The quantitative estimate of drug-likeness (QED) is 0.757. The van der Waals surface area contributed by atoms with E-state index in [-0.39, 0.29) is 5.41 Å². The lowest BCUT2D eigenvalue weighted by molar-refractivity contribution is 0.591. The van der Waals surface area contributed by atoms with Gasteiger partial charge in [0.2, 0.25) is 0 Å². The Labute approximate surface area is 107 Å². The predicted octanol–water partition coefficient (Wildman–Crippen LogP) is 4.09. The van der Waals surface area contributed by atoms with Crippen molar-refractivity contribution in [2.45, 2.75) is 26.2 Å². The SMILES string of the molecule is CC(C)(C)c1cccc(-c2cncnc2)c1Cl. The number of benzene rings is 1. The highest BCUT2D eigenvalue weighted by Crippen LogP contribution is 2.36. The van der Waals surface area contributed by atoms with Gasteiger partial charge in [0.05, 0.1) is 5.02 Å². The number of aromatic nitrogens is 2. The molecule has 0 N–H and O–H groups in total. The van der Waals surface area contributed by atoms with Crippen LogP contribution in [-0.4, -0.2) is 9.97 Å². The Morgan fingerprint density at radius 3 is 2.29 bits per heavy atom. The van der Waals surface area contributed by atoms with Crippen LogP contribution >= 0.6 is 11.6 Å². The highest BCUT2D eigenvalue weighted by molar-refractivity contribution is 6.34. The molecule has 0 saturated heterocycles. The Morgan fingerprint density at radius 2 is 1.71 bits per heavy atom. The first-order chi connectivity index (χ1) is 8.00. The zero-order valence-electron chi connectivity index (χ0n) is 10.2. The van der Waals surface area contributed by atoms with Crippen molar-refractivity contribution in [3.63, 3.8) is 0 Å². The van der Waals surface area contributed by atoms with Gasteiger partial charge in [-0.3, -0.25) is 0 Å². The van der Waals surface area contributed by atoms with E-state index in [2.05, 4.69) is 36.8 Å². The van der Waals surface area contributed by atoms with Gasteiger partial charge in [-0.25, -0.2) is 9.97 Å². The molecule has 0 atom stereocenters. The lowest BCUT2D eigenvalue weighted by Gasteiger charge is -2.22. The van der Waals surface area contributed by atoms with Gasteiger partial charge in [-0.05, 0) is 11.0 Å². The number of rotatable bonds is 1. The largest absolute Gasteiger partial charge is 0.244 e. The molecule has 0 unspecified atom stereocenters.